The van der Waals surface area contributed by atoms with E-state index in [1.54, 1.807) is 0 Å². The topological polar surface area (TPSA) is 54.4 Å². The third-order valence-electron chi connectivity index (χ3n) is 1.94. The van der Waals surface area contributed by atoms with Crippen LogP contribution in [0.4, 0.5) is 13.2 Å². The molecule has 0 unspecified atom stereocenters. The summed E-state index contributed by atoms with van der Waals surface area (Å²) in [5, 5.41) is 9.09. The minimum Gasteiger partial charge on any atom is -0.507 e. The van der Waals surface area contributed by atoms with Gasteiger partial charge in [0, 0.05) is 0 Å². The zero-order chi connectivity index (χ0) is 13.8. The molecule has 1 N–H and O–H groups in total. The molecule has 7 heteroatoms. The van der Waals surface area contributed by atoms with E-state index in [4.69, 9.17) is 5.11 Å². The van der Waals surface area contributed by atoms with Gasteiger partial charge in [-0.3, -0.25) is 9.59 Å². The average Bonchev–Trinajstić information content (AvgIpc) is 2.29. The number of allylic oxidation sites excluding steroid dienone is 1. The molecule has 0 aliphatic rings. The van der Waals surface area contributed by atoms with Gasteiger partial charge >= 0.3 is 6.18 Å². The number of aromatic hydroxyl groups is 1. The predicted molar refractivity (Wildman–Crippen MR) is 61.5 cm³/mol. The van der Waals surface area contributed by atoms with E-state index >= 15 is 0 Å². The first kappa shape index (κ1) is 14.3. The monoisotopic (exact) mass is 276 g/mol. The van der Waals surface area contributed by atoms with E-state index in [1.807, 2.05) is 0 Å². The van der Waals surface area contributed by atoms with Crippen LogP contribution in [-0.2, 0) is 15.8 Å². The normalized spacial score (nSPS) is 12.3. The maximum absolute atomic E-state index is 12.5. The number of hydrogen-bond donors (Lipinski definition) is 1. The standard InChI is InChI=1S/C11H7F3O3S/c12-11(13,14)9-4-7(1-2-10(9)17)3-8(5-15)18-6-16/h1-6,17H/b8-3-. The lowest BCUT2D eigenvalue weighted by molar-refractivity contribution is -0.138. The molecule has 3 nitrogen and oxygen atoms in total. The van der Waals surface area contributed by atoms with E-state index in [2.05, 4.69) is 0 Å². The number of aldehydes is 1. The van der Waals surface area contributed by atoms with E-state index in [0.29, 0.717) is 29.7 Å². The molecule has 0 amide bonds. The van der Waals surface area contributed by atoms with Crippen LogP contribution in [-0.4, -0.2) is 17.0 Å². The second kappa shape index (κ2) is 5.72. The summed E-state index contributed by atoms with van der Waals surface area (Å²) in [6.45, 7) is 0. The largest absolute Gasteiger partial charge is 0.507 e. The third kappa shape index (κ3) is 3.63. The Balaban J connectivity index is 3.20. The number of carbonyl (C=O) groups excluding carboxylic acids is 2. The van der Waals surface area contributed by atoms with Crippen molar-refractivity contribution in [3.8, 4) is 5.75 Å². The molecule has 0 heterocycles. The van der Waals surface area contributed by atoms with Gasteiger partial charge in [-0.1, -0.05) is 17.8 Å². The molecule has 1 rings (SSSR count). The number of thioether (sulfide) groups is 1. The number of rotatable bonds is 4. The highest BCUT2D eigenvalue weighted by Gasteiger charge is 2.33. The fourth-order valence-corrected chi connectivity index (χ4v) is 1.56. The predicted octanol–water partition coefficient (Wildman–Crippen LogP) is 2.87. The Hall–Kier alpha value is -1.76. The van der Waals surface area contributed by atoms with Crippen LogP contribution in [0.25, 0.3) is 6.08 Å². The van der Waals surface area contributed by atoms with E-state index < -0.39 is 17.5 Å². The second-order valence-corrected chi connectivity index (χ2v) is 4.05. The van der Waals surface area contributed by atoms with Gasteiger partial charge in [-0.05, 0) is 23.8 Å². The van der Waals surface area contributed by atoms with Crippen molar-refractivity contribution in [3.63, 3.8) is 0 Å². The quantitative estimate of drug-likeness (QED) is 0.678. The Morgan fingerprint density at radius 3 is 2.44 bits per heavy atom. The highest BCUT2D eigenvalue weighted by Crippen LogP contribution is 2.36. The lowest BCUT2D eigenvalue weighted by Gasteiger charge is -2.09. The summed E-state index contributed by atoms with van der Waals surface area (Å²) in [5.41, 5.74) is -0.736. The number of phenolic OH excluding ortho intramolecular Hbond substituents is 1. The van der Waals surface area contributed by atoms with Crippen LogP contribution < -0.4 is 0 Å². The van der Waals surface area contributed by atoms with Gasteiger partial charge in [0.05, 0.1) is 10.5 Å². The molecule has 0 saturated carbocycles. The molecule has 0 saturated heterocycles. The number of phenols is 1. The molecule has 1 aromatic rings. The maximum Gasteiger partial charge on any atom is 0.419 e. The number of halogens is 3. The van der Waals surface area contributed by atoms with E-state index in [-0.39, 0.29) is 10.5 Å². The van der Waals surface area contributed by atoms with Crippen LogP contribution in [0.2, 0.25) is 0 Å². The maximum atomic E-state index is 12.5. The minimum absolute atomic E-state index is 0.0242. The van der Waals surface area contributed by atoms with Crippen molar-refractivity contribution in [2.24, 2.45) is 0 Å². The summed E-state index contributed by atoms with van der Waals surface area (Å²) in [6.07, 6.45) is -3.20. The van der Waals surface area contributed by atoms with Gasteiger partial charge < -0.3 is 5.11 Å². The van der Waals surface area contributed by atoms with E-state index in [1.165, 1.54) is 6.07 Å². The highest BCUT2D eigenvalue weighted by molar-refractivity contribution is 8.16. The smallest absolute Gasteiger partial charge is 0.419 e. The molecule has 0 bridgehead atoms. The summed E-state index contributed by atoms with van der Waals surface area (Å²) in [4.78, 5) is 20.7. The first-order valence-electron chi connectivity index (χ1n) is 4.56. The van der Waals surface area contributed by atoms with Gasteiger partial charge in [0.2, 0.25) is 0 Å². The van der Waals surface area contributed by atoms with Gasteiger partial charge in [-0.25, -0.2) is 0 Å². The van der Waals surface area contributed by atoms with Crippen molar-refractivity contribution in [2.75, 3.05) is 0 Å². The van der Waals surface area contributed by atoms with Crippen molar-refractivity contribution < 1.29 is 27.9 Å². The lowest BCUT2D eigenvalue weighted by atomic mass is 10.1. The molecular weight excluding hydrogens is 269 g/mol. The van der Waals surface area contributed by atoms with Crippen molar-refractivity contribution in [3.05, 3.63) is 34.2 Å². The Labute approximate surface area is 104 Å². The highest BCUT2D eigenvalue weighted by atomic mass is 32.2. The first-order chi connectivity index (χ1) is 8.38. The van der Waals surface area contributed by atoms with Crippen LogP contribution in [0.15, 0.2) is 23.1 Å². The molecule has 0 aliphatic carbocycles. The Morgan fingerprint density at radius 2 is 1.94 bits per heavy atom. The van der Waals surface area contributed by atoms with Crippen molar-refractivity contribution in [1.82, 2.24) is 0 Å². The van der Waals surface area contributed by atoms with Crippen molar-refractivity contribution in [1.29, 1.82) is 0 Å². The van der Waals surface area contributed by atoms with E-state index in [9.17, 15) is 22.8 Å². The number of benzene rings is 1. The van der Waals surface area contributed by atoms with Gasteiger partial charge in [-0.15, -0.1) is 0 Å². The van der Waals surface area contributed by atoms with Crippen LogP contribution in [0.3, 0.4) is 0 Å². The molecular formula is C11H7F3O3S. The lowest BCUT2D eigenvalue weighted by Crippen LogP contribution is -2.05. The number of alkyl halides is 3. The molecule has 0 atom stereocenters. The molecule has 0 aliphatic heterocycles. The van der Waals surface area contributed by atoms with Crippen molar-refractivity contribution in [2.45, 2.75) is 6.18 Å². The second-order valence-electron chi connectivity index (χ2n) is 3.15. The minimum atomic E-state index is -4.69. The zero-order valence-corrected chi connectivity index (χ0v) is 9.59. The molecule has 0 fully saturated rings. The molecule has 18 heavy (non-hydrogen) atoms. The summed E-state index contributed by atoms with van der Waals surface area (Å²) in [7, 11) is 0. The molecule has 0 spiro atoms. The van der Waals surface area contributed by atoms with Gasteiger partial charge in [0.15, 0.2) is 11.9 Å². The SMILES string of the molecule is O=CS/C(C=O)=C\c1ccc(O)c(C(F)(F)F)c1. The molecule has 0 aromatic heterocycles. The van der Waals surface area contributed by atoms with Gasteiger partial charge in [0.1, 0.15) is 5.75 Å². The van der Waals surface area contributed by atoms with Crippen LogP contribution in [0.1, 0.15) is 11.1 Å². The van der Waals surface area contributed by atoms with Crippen LogP contribution >= 0.6 is 11.8 Å². The summed E-state index contributed by atoms with van der Waals surface area (Å²) < 4.78 is 37.5. The number of hydrogen-bond acceptors (Lipinski definition) is 4. The Morgan fingerprint density at radius 1 is 1.28 bits per heavy atom. The molecule has 96 valence electrons. The van der Waals surface area contributed by atoms with Crippen LogP contribution in [0.5, 0.6) is 5.75 Å². The molecule has 1 aromatic carbocycles. The summed E-state index contributed by atoms with van der Waals surface area (Å²) in [6, 6.07) is 2.78. The zero-order valence-electron chi connectivity index (χ0n) is 8.77. The van der Waals surface area contributed by atoms with E-state index in [0.717, 1.165) is 12.1 Å². The Kier molecular flexibility index (Phi) is 4.55. The van der Waals surface area contributed by atoms with Gasteiger partial charge in [0.25, 0.3) is 0 Å². The van der Waals surface area contributed by atoms with Crippen molar-refractivity contribution >= 4 is 29.7 Å². The number of carbonyl (C=O) groups is 2. The summed E-state index contributed by atoms with van der Waals surface area (Å²) in [5.74, 6) is -0.893. The molecule has 0 radical (unpaired) electrons. The Bertz CT molecular complexity index is 495. The van der Waals surface area contributed by atoms with Crippen LogP contribution in [0, 0.1) is 0 Å². The average molecular weight is 276 g/mol. The fourth-order valence-electron chi connectivity index (χ4n) is 1.19. The third-order valence-corrected chi connectivity index (χ3v) is 2.52. The first-order valence-corrected chi connectivity index (χ1v) is 5.44. The summed E-state index contributed by atoms with van der Waals surface area (Å²) >= 11 is 0.558. The fraction of sp³-hybridized carbons (Fsp3) is 0.0909. The van der Waals surface area contributed by atoms with Gasteiger partial charge in [-0.2, -0.15) is 13.2 Å².